The van der Waals surface area contributed by atoms with E-state index in [0.717, 1.165) is 30.7 Å². The van der Waals surface area contributed by atoms with Gasteiger partial charge in [-0.3, -0.25) is 9.69 Å². The minimum Gasteiger partial charge on any atom is -0.338 e. The summed E-state index contributed by atoms with van der Waals surface area (Å²) in [5, 5.41) is 6.84. The predicted molar refractivity (Wildman–Crippen MR) is 127 cm³/mol. The average Bonchev–Trinajstić information content (AvgIpc) is 3.27. The molecule has 4 rings (SSSR count). The van der Waals surface area contributed by atoms with Gasteiger partial charge in [0.05, 0.1) is 18.0 Å². The van der Waals surface area contributed by atoms with Crippen LogP contribution in [0.15, 0.2) is 53.1 Å². The number of hydrogen-bond donors (Lipinski definition) is 1. The molecule has 1 fully saturated rings. The fourth-order valence-electron chi connectivity index (χ4n) is 4.15. The molecule has 1 aliphatic heterocycles. The number of piperidine rings is 1. The monoisotopic (exact) mass is 486 g/mol. The minimum absolute atomic E-state index is 0.0601. The van der Waals surface area contributed by atoms with E-state index in [4.69, 9.17) is 4.52 Å². The molecule has 2 aromatic carbocycles. The van der Waals surface area contributed by atoms with Gasteiger partial charge in [0.1, 0.15) is 0 Å². The van der Waals surface area contributed by atoms with Crippen molar-refractivity contribution >= 4 is 11.6 Å². The molecule has 6 nitrogen and oxygen atoms in total. The van der Waals surface area contributed by atoms with E-state index in [1.807, 2.05) is 12.1 Å². The van der Waals surface area contributed by atoms with Gasteiger partial charge in [-0.25, -0.2) is 0 Å². The third-order valence-electron chi connectivity index (χ3n) is 6.19. The molecule has 1 N–H and O–H groups in total. The van der Waals surface area contributed by atoms with Gasteiger partial charge < -0.3 is 9.84 Å². The third-order valence-corrected chi connectivity index (χ3v) is 6.19. The van der Waals surface area contributed by atoms with Gasteiger partial charge >= 0.3 is 6.18 Å². The standard InChI is InChI=1S/C26H29F3N4O2/c1-25(2,3)19-8-6-17(7-9-19)23-31-22(35-32-23)16-33-14-4-5-18(15-33)24(34)30-21-12-10-20(11-13-21)26(27,28)29/h6-13,18H,4-5,14-16H2,1-3H3,(H,30,34). The summed E-state index contributed by atoms with van der Waals surface area (Å²) >= 11 is 0. The van der Waals surface area contributed by atoms with Gasteiger partial charge in [-0.1, -0.05) is 50.2 Å². The molecule has 1 unspecified atom stereocenters. The molecular weight excluding hydrogens is 457 g/mol. The molecule has 1 atom stereocenters. The van der Waals surface area contributed by atoms with Gasteiger partial charge in [-0.05, 0) is 54.6 Å². The van der Waals surface area contributed by atoms with Gasteiger partial charge in [-0.2, -0.15) is 18.2 Å². The molecule has 0 aliphatic carbocycles. The highest BCUT2D eigenvalue weighted by molar-refractivity contribution is 5.92. The van der Waals surface area contributed by atoms with Crippen LogP contribution in [0.1, 0.15) is 50.6 Å². The van der Waals surface area contributed by atoms with Crippen LogP contribution < -0.4 is 5.32 Å². The van der Waals surface area contributed by atoms with Gasteiger partial charge in [0.2, 0.25) is 17.6 Å². The quantitative estimate of drug-likeness (QED) is 0.486. The van der Waals surface area contributed by atoms with Gasteiger partial charge in [0.15, 0.2) is 0 Å². The van der Waals surface area contributed by atoms with Crippen LogP contribution in [0.3, 0.4) is 0 Å². The molecular formula is C26H29F3N4O2. The molecule has 1 saturated heterocycles. The third kappa shape index (κ3) is 6.28. The summed E-state index contributed by atoms with van der Waals surface area (Å²) in [6.45, 7) is 8.20. The molecule has 1 aliphatic rings. The second kappa shape index (κ2) is 9.81. The summed E-state index contributed by atoms with van der Waals surface area (Å²) in [6.07, 6.45) is -2.88. The smallest absolute Gasteiger partial charge is 0.338 e. The number of halogens is 3. The molecule has 0 bridgehead atoms. The van der Waals surface area contributed by atoms with Crippen LogP contribution in [0, 0.1) is 5.92 Å². The normalized spacial score (nSPS) is 17.4. The molecule has 9 heteroatoms. The molecule has 1 aromatic heterocycles. The van der Waals surface area contributed by atoms with E-state index < -0.39 is 11.7 Å². The van der Waals surface area contributed by atoms with E-state index in [1.165, 1.54) is 17.7 Å². The van der Waals surface area contributed by atoms with Crippen LogP contribution in [-0.2, 0) is 22.9 Å². The van der Waals surface area contributed by atoms with Crippen molar-refractivity contribution in [1.82, 2.24) is 15.0 Å². The van der Waals surface area contributed by atoms with Crippen molar-refractivity contribution in [3.8, 4) is 11.4 Å². The molecule has 2 heterocycles. The van der Waals surface area contributed by atoms with Crippen molar-refractivity contribution in [3.63, 3.8) is 0 Å². The first-order valence-electron chi connectivity index (χ1n) is 11.6. The number of carbonyl (C=O) groups is 1. The second-order valence-electron chi connectivity index (χ2n) is 9.98. The average molecular weight is 487 g/mol. The Morgan fingerprint density at radius 2 is 1.71 bits per heavy atom. The number of nitrogens with zero attached hydrogens (tertiary/aromatic N) is 3. The number of likely N-dealkylation sites (tertiary alicyclic amines) is 1. The van der Waals surface area contributed by atoms with Crippen LogP contribution in [0.2, 0.25) is 0 Å². The van der Waals surface area contributed by atoms with Crippen molar-refractivity contribution in [2.45, 2.75) is 51.7 Å². The van der Waals surface area contributed by atoms with E-state index in [9.17, 15) is 18.0 Å². The van der Waals surface area contributed by atoms with Crippen molar-refractivity contribution in [3.05, 3.63) is 65.5 Å². The summed E-state index contributed by atoms with van der Waals surface area (Å²) in [6, 6.07) is 12.6. The first kappa shape index (κ1) is 24.9. The maximum atomic E-state index is 12.7. The predicted octanol–water partition coefficient (Wildman–Crippen LogP) is 5.90. The Kier molecular flexibility index (Phi) is 6.98. The zero-order valence-electron chi connectivity index (χ0n) is 20.0. The number of hydrogen-bond acceptors (Lipinski definition) is 5. The maximum absolute atomic E-state index is 12.7. The Bertz CT molecular complexity index is 1150. The summed E-state index contributed by atoms with van der Waals surface area (Å²) in [5.41, 5.74) is 1.76. The Balaban J connectivity index is 1.34. The van der Waals surface area contributed by atoms with E-state index in [2.05, 4.69) is 53.3 Å². The van der Waals surface area contributed by atoms with Crippen molar-refractivity contribution in [1.29, 1.82) is 0 Å². The summed E-state index contributed by atoms with van der Waals surface area (Å²) < 4.78 is 43.7. The highest BCUT2D eigenvalue weighted by atomic mass is 19.4. The molecule has 1 amide bonds. The lowest BCUT2D eigenvalue weighted by atomic mass is 9.87. The highest BCUT2D eigenvalue weighted by Crippen LogP contribution is 2.30. The number of amides is 1. The fraction of sp³-hybridized carbons (Fsp3) is 0.423. The molecule has 3 aromatic rings. The van der Waals surface area contributed by atoms with Gasteiger partial charge in [0, 0.05) is 17.8 Å². The number of alkyl halides is 3. The zero-order valence-corrected chi connectivity index (χ0v) is 20.0. The van der Waals surface area contributed by atoms with Gasteiger partial charge in [0.25, 0.3) is 0 Å². The number of rotatable bonds is 5. The minimum atomic E-state index is -4.41. The number of aromatic nitrogens is 2. The van der Waals surface area contributed by atoms with Crippen molar-refractivity contribution < 1.29 is 22.5 Å². The van der Waals surface area contributed by atoms with Crippen LogP contribution in [0.25, 0.3) is 11.4 Å². The zero-order chi connectivity index (χ0) is 25.2. The Morgan fingerprint density at radius 1 is 1.06 bits per heavy atom. The van der Waals surface area contributed by atoms with E-state index in [-0.39, 0.29) is 17.2 Å². The van der Waals surface area contributed by atoms with Crippen molar-refractivity contribution in [2.24, 2.45) is 5.92 Å². The first-order valence-corrected chi connectivity index (χ1v) is 11.6. The first-order chi connectivity index (χ1) is 16.5. The number of nitrogens with one attached hydrogen (secondary N) is 1. The molecule has 35 heavy (non-hydrogen) atoms. The van der Waals surface area contributed by atoms with Crippen LogP contribution in [-0.4, -0.2) is 34.0 Å². The lowest BCUT2D eigenvalue weighted by molar-refractivity contribution is -0.137. The largest absolute Gasteiger partial charge is 0.416 e. The second-order valence-corrected chi connectivity index (χ2v) is 9.98. The van der Waals surface area contributed by atoms with Crippen LogP contribution in [0.4, 0.5) is 18.9 Å². The number of anilines is 1. The maximum Gasteiger partial charge on any atom is 0.416 e. The summed E-state index contributed by atoms with van der Waals surface area (Å²) in [5.74, 6) is 0.510. The number of carbonyl (C=O) groups excluding carboxylic acids is 1. The summed E-state index contributed by atoms with van der Waals surface area (Å²) in [7, 11) is 0. The van der Waals surface area contributed by atoms with E-state index >= 15 is 0 Å². The lowest BCUT2D eigenvalue weighted by Crippen LogP contribution is -2.40. The van der Waals surface area contributed by atoms with Crippen LogP contribution in [0.5, 0.6) is 0 Å². The molecule has 0 spiro atoms. The SMILES string of the molecule is CC(C)(C)c1ccc(-c2noc(CN3CCCC(C(=O)Nc4ccc(C(F)(F)F)cc4)C3)n2)cc1. The topological polar surface area (TPSA) is 71.3 Å². The fourth-order valence-corrected chi connectivity index (χ4v) is 4.15. The van der Waals surface area contributed by atoms with Crippen LogP contribution >= 0.6 is 0 Å². The Hall–Kier alpha value is -3.20. The molecule has 0 saturated carbocycles. The lowest BCUT2D eigenvalue weighted by Gasteiger charge is -2.30. The molecule has 186 valence electrons. The van der Waals surface area contributed by atoms with Gasteiger partial charge in [-0.15, -0.1) is 0 Å². The molecule has 0 radical (unpaired) electrons. The Labute approximate surface area is 202 Å². The van der Waals surface area contributed by atoms with E-state index in [0.29, 0.717) is 36.9 Å². The van der Waals surface area contributed by atoms with Crippen molar-refractivity contribution in [2.75, 3.05) is 18.4 Å². The number of benzene rings is 2. The highest BCUT2D eigenvalue weighted by Gasteiger charge is 2.30. The Morgan fingerprint density at radius 3 is 2.34 bits per heavy atom. The van der Waals surface area contributed by atoms with E-state index in [1.54, 1.807) is 0 Å². The summed E-state index contributed by atoms with van der Waals surface area (Å²) in [4.78, 5) is 19.3.